The Morgan fingerprint density at radius 1 is 1.24 bits per heavy atom. The van der Waals surface area contributed by atoms with Crippen molar-refractivity contribution in [1.29, 1.82) is 0 Å². The largest absolute Gasteiger partial charge is 0.456 e. The number of thiazole rings is 1. The predicted octanol–water partition coefficient (Wildman–Crippen LogP) is 4.38. The smallest absolute Gasteiger partial charge is 0.338 e. The van der Waals surface area contributed by atoms with Crippen molar-refractivity contribution in [2.24, 2.45) is 0 Å². The third-order valence-corrected chi connectivity index (χ3v) is 4.51. The fourth-order valence-electron chi connectivity index (χ4n) is 2.24. The van der Waals surface area contributed by atoms with Gasteiger partial charge >= 0.3 is 5.97 Å². The van der Waals surface area contributed by atoms with Crippen molar-refractivity contribution in [3.05, 3.63) is 80.8 Å². The van der Waals surface area contributed by atoms with Gasteiger partial charge in [-0.25, -0.2) is 9.78 Å². The highest BCUT2D eigenvalue weighted by molar-refractivity contribution is 7.13. The fraction of sp³-hybridized carbons (Fsp3) is 0.111. The summed E-state index contributed by atoms with van der Waals surface area (Å²) in [7, 11) is 0. The lowest BCUT2D eigenvalue weighted by molar-refractivity contribution is -0.385. The highest BCUT2D eigenvalue weighted by Crippen LogP contribution is 2.24. The summed E-state index contributed by atoms with van der Waals surface area (Å²) in [4.78, 5) is 27.0. The van der Waals surface area contributed by atoms with Crippen molar-refractivity contribution >= 4 is 23.0 Å². The van der Waals surface area contributed by atoms with E-state index in [4.69, 9.17) is 4.74 Å². The summed E-state index contributed by atoms with van der Waals surface area (Å²) in [6, 6.07) is 14.0. The molecule has 0 aliphatic rings. The van der Waals surface area contributed by atoms with Gasteiger partial charge in [0.2, 0.25) is 0 Å². The molecule has 0 aliphatic carbocycles. The van der Waals surface area contributed by atoms with E-state index in [2.05, 4.69) is 4.98 Å². The van der Waals surface area contributed by atoms with Gasteiger partial charge < -0.3 is 4.74 Å². The Kier molecular flexibility index (Phi) is 4.85. The number of benzene rings is 2. The molecule has 25 heavy (non-hydrogen) atoms. The molecule has 0 radical (unpaired) electrons. The minimum atomic E-state index is -0.614. The summed E-state index contributed by atoms with van der Waals surface area (Å²) in [6.45, 7) is 1.64. The zero-order valence-electron chi connectivity index (χ0n) is 13.3. The molecule has 6 nitrogen and oxygen atoms in total. The highest BCUT2D eigenvalue weighted by atomic mass is 32.1. The molecule has 0 N–H and O–H groups in total. The number of carbonyl (C=O) groups excluding carboxylic acids is 1. The number of aromatic nitrogens is 1. The van der Waals surface area contributed by atoms with Gasteiger partial charge in [0.05, 0.1) is 16.2 Å². The molecule has 2 aromatic carbocycles. The molecule has 3 rings (SSSR count). The minimum absolute atomic E-state index is 0.0177. The Morgan fingerprint density at radius 2 is 2.00 bits per heavy atom. The number of aryl methyl sites for hydroxylation is 1. The number of nitrogens with zero attached hydrogens (tertiary/aromatic N) is 2. The molecule has 0 atom stereocenters. The van der Waals surface area contributed by atoms with Crippen molar-refractivity contribution in [2.75, 3.05) is 0 Å². The van der Waals surface area contributed by atoms with Gasteiger partial charge in [-0.05, 0) is 13.0 Å². The fourth-order valence-corrected chi connectivity index (χ4v) is 3.05. The molecule has 0 saturated carbocycles. The van der Waals surface area contributed by atoms with Crippen molar-refractivity contribution in [3.8, 4) is 10.6 Å². The number of rotatable bonds is 5. The van der Waals surface area contributed by atoms with E-state index in [-0.39, 0.29) is 17.9 Å². The van der Waals surface area contributed by atoms with Crippen molar-refractivity contribution in [2.45, 2.75) is 13.5 Å². The molecule has 0 aliphatic heterocycles. The van der Waals surface area contributed by atoms with Crippen molar-refractivity contribution in [3.63, 3.8) is 0 Å². The van der Waals surface area contributed by atoms with Crippen LogP contribution in [0.15, 0.2) is 53.9 Å². The average molecular weight is 354 g/mol. The van der Waals surface area contributed by atoms with E-state index in [1.165, 1.54) is 29.5 Å². The highest BCUT2D eigenvalue weighted by Gasteiger charge is 2.16. The van der Waals surface area contributed by atoms with Gasteiger partial charge in [0.15, 0.2) is 0 Å². The predicted molar refractivity (Wildman–Crippen MR) is 94.5 cm³/mol. The Hall–Kier alpha value is -3.06. The third kappa shape index (κ3) is 3.89. The molecular weight excluding hydrogens is 340 g/mol. The second-order valence-corrected chi connectivity index (χ2v) is 6.20. The molecule has 0 amide bonds. The van der Waals surface area contributed by atoms with E-state index >= 15 is 0 Å². The summed E-state index contributed by atoms with van der Waals surface area (Å²) in [5.41, 5.74) is 2.18. The Labute approximate surface area is 147 Å². The minimum Gasteiger partial charge on any atom is -0.456 e. The van der Waals surface area contributed by atoms with Crippen LogP contribution in [0.3, 0.4) is 0 Å². The Morgan fingerprint density at radius 3 is 2.72 bits per heavy atom. The standard InChI is InChI=1S/C18H14N2O4S/c1-12-7-8-14(9-16(12)20(22)23)18(21)24-10-15-11-25-17(19-15)13-5-3-2-4-6-13/h2-9,11H,10H2,1H3. The monoisotopic (exact) mass is 354 g/mol. The van der Waals surface area contributed by atoms with Crippen molar-refractivity contribution in [1.82, 2.24) is 4.98 Å². The average Bonchev–Trinajstić information content (AvgIpc) is 3.09. The molecule has 0 unspecified atom stereocenters. The van der Waals surface area contributed by atoms with Crippen LogP contribution in [0, 0.1) is 17.0 Å². The molecule has 0 saturated heterocycles. The van der Waals surface area contributed by atoms with Crippen LogP contribution in [-0.2, 0) is 11.3 Å². The molecule has 0 fully saturated rings. The number of esters is 1. The lowest BCUT2D eigenvalue weighted by Crippen LogP contribution is -2.06. The first-order valence-electron chi connectivity index (χ1n) is 7.46. The Bertz CT molecular complexity index is 922. The number of hydrogen-bond donors (Lipinski definition) is 0. The van der Waals surface area contributed by atoms with E-state index in [0.29, 0.717) is 11.3 Å². The zero-order chi connectivity index (χ0) is 17.8. The summed E-state index contributed by atoms with van der Waals surface area (Å²) in [5.74, 6) is -0.614. The van der Waals surface area contributed by atoms with E-state index in [9.17, 15) is 14.9 Å². The number of carbonyl (C=O) groups is 1. The summed E-state index contributed by atoms with van der Waals surface area (Å²) >= 11 is 1.47. The van der Waals surface area contributed by atoms with E-state index in [0.717, 1.165) is 10.6 Å². The maximum Gasteiger partial charge on any atom is 0.338 e. The van der Waals surface area contributed by atoms with Crippen LogP contribution >= 0.6 is 11.3 Å². The Balaban J connectivity index is 1.68. The van der Waals surface area contributed by atoms with E-state index in [1.54, 1.807) is 6.92 Å². The second kappa shape index (κ2) is 7.23. The van der Waals surface area contributed by atoms with E-state index in [1.807, 2.05) is 35.7 Å². The van der Waals surface area contributed by atoms with Crippen LogP contribution < -0.4 is 0 Å². The van der Waals surface area contributed by atoms with Crippen LogP contribution in [-0.4, -0.2) is 15.9 Å². The number of ether oxygens (including phenoxy) is 1. The first-order chi connectivity index (χ1) is 12.0. The normalized spacial score (nSPS) is 10.4. The van der Waals surface area contributed by atoms with Gasteiger partial charge in [0.1, 0.15) is 11.6 Å². The molecule has 1 aromatic heterocycles. The summed E-state index contributed by atoms with van der Waals surface area (Å²) in [5, 5.41) is 13.6. The first kappa shape index (κ1) is 16.8. The van der Waals surface area contributed by atoms with Crippen LogP contribution in [0.1, 0.15) is 21.6 Å². The van der Waals surface area contributed by atoms with Gasteiger partial charge in [-0.1, -0.05) is 36.4 Å². The number of nitro groups is 1. The molecule has 3 aromatic rings. The molecular formula is C18H14N2O4S. The van der Waals surface area contributed by atoms with Crippen molar-refractivity contribution < 1.29 is 14.5 Å². The lowest BCUT2D eigenvalue weighted by atomic mass is 10.1. The third-order valence-electron chi connectivity index (χ3n) is 3.57. The molecule has 7 heteroatoms. The topological polar surface area (TPSA) is 82.3 Å². The van der Waals surface area contributed by atoms with Crippen LogP contribution in [0.4, 0.5) is 5.69 Å². The van der Waals surface area contributed by atoms with Crippen LogP contribution in [0.2, 0.25) is 0 Å². The summed E-state index contributed by atoms with van der Waals surface area (Å²) < 4.78 is 5.22. The maximum absolute atomic E-state index is 12.1. The van der Waals surface area contributed by atoms with Crippen LogP contribution in [0.25, 0.3) is 10.6 Å². The zero-order valence-corrected chi connectivity index (χ0v) is 14.2. The first-order valence-corrected chi connectivity index (χ1v) is 8.34. The molecule has 0 spiro atoms. The number of nitro benzene ring substituents is 1. The lowest BCUT2D eigenvalue weighted by Gasteiger charge is -2.04. The van der Waals surface area contributed by atoms with Gasteiger partial charge in [-0.15, -0.1) is 11.3 Å². The SMILES string of the molecule is Cc1ccc(C(=O)OCc2csc(-c3ccccc3)n2)cc1[N+](=O)[O-]. The van der Waals surface area contributed by atoms with E-state index < -0.39 is 10.9 Å². The second-order valence-electron chi connectivity index (χ2n) is 5.34. The van der Waals surface area contributed by atoms with Gasteiger partial charge in [0.25, 0.3) is 5.69 Å². The molecule has 126 valence electrons. The quantitative estimate of drug-likeness (QED) is 0.386. The van der Waals surface area contributed by atoms with Gasteiger partial charge in [-0.3, -0.25) is 10.1 Å². The summed E-state index contributed by atoms with van der Waals surface area (Å²) in [6.07, 6.45) is 0. The number of hydrogen-bond acceptors (Lipinski definition) is 6. The van der Waals surface area contributed by atoms with Gasteiger partial charge in [-0.2, -0.15) is 0 Å². The maximum atomic E-state index is 12.1. The van der Waals surface area contributed by atoms with Gasteiger partial charge in [0, 0.05) is 22.6 Å². The molecule has 1 heterocycles. The van der Waals surface area contributed by atoms with Crippen LogP contribution in [0.5, 0.6) is 0 Å². The molecule has 0 bridgehead atoms.